The maximum atomic E-state index is 13.3. The first-order chi connectivity index (χ1) is 18.3. The Bertz CT molecular complexity index is 1270. The molecule has 0 radical (unpaired) electrons. The molecule has 2 aromatic carbocycles. The van der Waals surface area contributed by atoms with Gasteiger partial charge in [0.15, 0.2) is 5.13 Å². The molecule has 0 atom stereocenters. The van der Waals surface area contributed by atoms with Gasteiger partial charge in [-0.3, -0.25) is 10.0 Å². The monoisotopic (exact) mass is 538 g/mol. The van der Waals surface area contributed by atoms with Gasteiger partial charge in [0.05, 0.1) is 17.5 Å². The minimum absolute atomic E-state index is 0.0332. The number of hydrogen-bond donors (Lipinski definition) is 4. The van der Waals surface area contributed by atoms with Crippen molar-refractivity contribution in [2.75, 3.05) is 72.4 Å². The lowest BCUT2D eigenvalue weighted by Crippen LogP contribution is -2.44. The molecule has 0 spiro atoms. The summed E-state index contributed by atoms with van der Waals surface area (Å²) >= 11 is 1.13. The van der Waals surface area contributed by atoms with Crippen LogP contribution in [0.5, 0.6) is 0 Å². The molecule has 11 nitrogen and oxygen atoms in total. The van der Waals surface area contributed by atoms with E-state index in [1.165, 1.54) is 6.07 Å². The Morgan fingerprint density at radius 3 is 2.42 bits per heavy atom. The number of ketones is 1. The normalized spacial score (nSPS) is 17.1. The highest BCUT2D eigenvalue weighted by Gasteiger charge is 2.23. The van der Waals surface area contributed by atoms with Crippen molar-refractivity contribution < 1.29 is 15.1 Å². The Morgan fingerprint density at radius 1 is 1.08 bits per heavy atom. The largest absolute Gasteiger partial charge is 0.733 e. The second-order valence-corrected chi connectivity index (χ2v) is 10.7. The number of likely N-dealkylation sites (N-methyl/N-ethyl adjacent to an activating group) is 1. The Morgan fingerprint density at radius 2 is 1.76 bits per heavy atom. The predicted octanol–water partition coefficient (Wildman–Crippen LogP) is 3.11. The molecule has 2 aliphatic heterocycles. The highest BCUT2D eigenvalue weighted by atomic mass is 32.1. The summed E-state index contributed by atoms with van der Waals surface area (Å²) in [5.74, 6) is -0.294. The van der Waals surface area contributed by atoms with E-state index in [0.717, 1.165) is 48.9 Å². The molecule has 2 aliphatic rings. The summed E-state index contributed by atoms with van der Waals surface area (Å²) in [4.78, 5) is 24.4. The van der Waals surface area contributed by atoms with Crippen molar-refractivity contribution >= 4 is 50.8 Å². The topological polar surface area (TPSA) is 144 Å². The third-order valence-corrected chi connectivity index (χ3v) is 8.08. The van der Waals surface area contributed by atoms with E-state index in [0.29, 0.717) is 36.8 Å². The number of nitrogen functional groups attached to an aromatic ring is 1. The first-order valence-corrected chi connectivity index (χ1v) is 13.4. The van der Waals surface area contributed by atoms with Crippen LogP contribution < -0.4 is 26.1 Å². The molecule has 0 aliphatic carbocycles. The lowest BCUT2D eigenvalue weighted by atomic mass is 10.0. The molecule has 0 bridgehead atoms. The average Bonchev–Trinajstić information content (AvgIpc) is 3.29. The van der Waals surface area contributed by atoms with Gasteiger partial charge in [-0.1, -0.05) is 11.3 Å². The first-order valence-electron chi connectivity index (χ1n) is 12.6. The first kappa shape index (κ1) is 26.2. The van der Waals surface area contributed by atoms with Crippen LogP contribution in [0, 0.1) is 5.21 Å². The van der Waals surface area contributed by atoms with Gasteiger partial charge < -0.3 is 41.3 Å². The smallest absolute Gasteiger partial charge is 0.206 e. The molecule has 0 unspecified atom stereocenters. The molecule has 38 heavy (non-hydrogen) atoms. The summed E-state index contributed by atoms with van der Waals surface area (Å²) in [5.41, 5.74) is 8.78. The number of rotatable bonds is 7. The summed E-state index contributed by atoms with van der Waals surface area (Å²) in [7, 11) is 2.13. The Labute approximate surface area is 225 Å². The molecule has 12 heteroatoms. The van der Waals surface area contributed by atoms with Crippen LogP contribution in [0.3, 0.4) is 0 Å². The van der Waals surface area contributed by atoms with Gasteiger partial charge in [-0.05, 0) is 62.4 Å². The van der Waals surface area contributed by atoms with Crippen LogP contribution in [0.25, 0.3) is 0 Å². The summed E-state index contributed by atoms with van der Waals surface area (Å²) in [6.07, 6.45) is 0.756. The van der Waals surface area contributed by atoms with E-state index in [9.17, 15) is 20.3 Å². The minimum atomic E-state index is -0.387. The lowest BCUT2D eigenvalue weighted by molar-refractivity contribution is 0.104. The fraction of sp³-hybridized carbons (Fsp3) is 0.385. The number of aromatic nitrogens is 1. The number of piperazine rings is 1. The average molecular weight is 539 g/mol. The number of hydrogen-bond acceptors (Lipinski definition) is 12. The number of thiazole rings is 1. The Balaban J connectivity index is 1.30. The maximum absolute atomic E-state index is 13.3. The molecule has 202 valence electrons. The van der Waals surface area contributed by atoms with Gasteiger partial charge in [0, 0.05) is 56.2 Å². The minimum Gasteiger partial charge on any atom is -0.733 e. The van der Waals surface area contributed by atoms with E-state index >= 15 is 0 Å². The van der Waals surface area contributed by atoms with Crippen molar-refractivity contribution in [3.8, 4) is 0 Å². The zero-order chi connectivity index (χ0) is 26.8. The van der Waals surface area contributed by atoms with E-state index in [1.807, 2.05) is 17.0 Å². The van der Waals surface area contributed by atoms with Gasteiger partial charge in [0.25, 0.3) is 0 Å². The fourth-order valence-electron chi connectivity index (χ4n) is 4.81. The zero-order valence-corrected chi connectivity index (χ0v) is 22.0. The molecule has 2 saturated heterocycles. The second kappa shape index (κ2) is 11.1. The number of carbonyl (C=O) groups excluding carboxylic acids is 1. The zero-order valence-electron chi connectivity index (χ0n) is 21.2. The van der Waals surface area contributed by atoms with Crippen LogP contribution in [0.1, 0.15) is 28.1 Å². The third-order valence-electron chi connectivity index (χ3n) is 7.10. The summed E-state index contributed by atoms with van der Waals surface area (Å²) in [6.45, 7) is 5.13. The number of nitrogens with one attached hydrogen (secondary N) is 1. The van der Waals surface area contributed by atoms with Gasteiger partial charge in [0.2, 0.25) is 5.78 Å². The third kappa shape index (κ3) is 5.69. The maximum Gasteiger partial charge on any atom is 0.206 e. The Hall–Kier alpha value is -3.42. The molecule has 0 amide bonds. The van der Waals surface area contributed by atoms with Crippen LogP contribution in [-0.4, -0.2) is 78.4 Å². The highest BCUT2D eigenvalue weighted by Crippen LogP contribution is 2.35. The number of nitrogens with two attached hydrogens (primary N) is 1. The number of carbonyl (C=O) groups is 1. The van der Waals surface area contributed by atoms with Gasteiger partial charge in [0.1, 0.15) is 10.7 Å². The standard InChI is InChI=1S/C26H32N7O4S/c1-30-12-14-31(15-13-30)19-5-3-18(4-6-19)28-26-29-25(27)24(38-26)23(35)17-2-7-21(22(16-17)33(36)37)32-10-8-20(34)9-11-32/h2-7,16,20,34,36H,8-15,27H2,1H3,(H,28,29)/q-1. The molecule has 3 aromatic rings. The van der Waals surface area contributed by atoms with Gasteiger partial charge in [-0.25, -0.2) is 4.98 Å². The number of benzene rings is 2. The van der Waals surface area contributed by atoms with Crippen molar-refractivity contribution in [1.29, 1.82) is 0 Å². The molecule has 2 fully saturated rings. The van der Waals surface area contributed by atoms with E-state index in [1.54, 1.807) is 12.1 Å². The highest BCUT2D eigenvalue weighted by molar-refractivity contribution is 7.18. The van der Waals surface area contributed by atoms with Crippen molar-refractivity contribution in [3.05, 3.63) is 58.1 Å². The number of aliphatic hydroxyl groups is 1. The quantitative estimate of drug-likeness (QED) is 0.260. The molecule has 0 saturated carbocycles. The predicted molar refractivity (Wildman–Crippen MR) is 151 cm³/mol. The summed E-state index contributed by atoms with van der Waals surface area (Å²) in [6, 6.07) is 12.7. The summed E-state index contributed by atoms with van der Waals surface area (Å²) in [5, 5.41) is 34.9. The van der Waals surface area contributed by atoms with Gasteiger partial charge in [-0.15, -0.1) is 0 Å². The van der Waals surface area contributed by atoms with Crippen molar-refractivity contribution in [1.82, 2.24) is 9.88 Å². The van der Waals surface area contributed by atoms with Crippen LogP contribution >= 0.6 is 11.3 Å². The van der Waals surface area contributed by atoms with Crippen LogP contribution in [0.2, 0.25) is 0 Å². The van der Waals surface area contributed by atoms with Crippen molar-refractivity contribution in [2.45, 2.75) is 18.9 Å². The number of aliphatic hydroxyl groups excluding tert-OH is 1. The van der Waals surface area contributed by atoms with Crippen LogP contribution in [0.4, 0.5) is 33.7 Å². The SMILES string of the molecule is CN1CCN(c2ccc(Nc3nc(N)c(C(=O)c4ccc(N5CCC(O)CC5)c(N([O-])O)c4)s3)cc2)CC1. The lowest BCUT2D eigenvalue weighted by Gasteiger charge is -2.35. The van der Waals surface area contributed by atoms with Crippen LogP contribution in [0.15, 0.2) is 42.5 Å². The van der Waals surface area contributed by atoms with Gasteiger partial charge in [-0.2, -0.15) is 0 Å². The molecule has 3 heterocycles. The molecule has 5 N–H and O–H groups in total. The second-order valence-electron chi connectivity index (χ2n) is 9.72. The number of piperidine rings is 1. The number of nitrogens with zero attached hydrogens (tertiary/aromatic N) is 5. The molecule has 5 rings (SSSR count). The summed E-state index contributed by atoms with van der Waals surface area (Å²) < 4.78 is 0. The van der Waals surface area contributed by atoms with E-state index in [2.05, 4.69) is 39.3 Å². The molecular formula is C26H32N7O4S-. The van der Waals surface area contributed by atoms with Crippen molar-refractivity contribution in [2.24, 2.45) is 0 Å². The van der Waals surface area contributed by atoms with Crippen LogP contribution in [-0.2, 0) is 0 Å². The van der Waals surface area contributed by atoms with E-state index in [-0.39, 0.29) is 39.1 Å². The fourth-order valence-corrected chi connectivity index (χ4v) is 5.68. The van der Waals surface area contributed by atoms with E-state index in [4.69, 9.17) is 5.73 Å². The molecular weight excluding hydrogens is 506 g/mol. The van der Waals surface area contributed by atoms with Crippen molar-refractivity contribution in [3.63, 3.8) is 0 Å². The molecule has 1 aromatic heterocycles. The van der Waals surface area contributed by atoms with Gasteiger partial charge >= 0.3 is 0 Å². The van der Waals surface area contributed by atoms with E-state index < -0.39 is 0 Å². The number of anilines is 6. The Kier molecular flexibility index (Phi) is 7.68.